The van der Waals surface area contributed by atoms with Gasteiger partial charge in [-0.25, -0.2) is 8.42 Å². The third-order valence-electron chi connectivity index (χ3n) is 6.26. The summed E-state index contributed by atoms with van der Waals surface area (Å²) in [4.78, 5) is 28.4. The van der Waals surface area contributed by atoms with Crippen molar-refractivity contribution >= 4 is 66.7 Å². The summed E-state index contributed by atoms with van der Waals surface area (Å²) in [6.45, 7) is 4.74. The van der Waals surface area contributed by atoms with Crippen LogP contribution >= 0.6 is 39.1 Å². The number of carbonyl (C=O) groups excluding carboxylic acids is 2. The first kappa shape index (κ1) is 30.9. The molecule has 0 saturated carbocycles. The summed E-state index contributed by atoms with van der Waals surface area (Å²) in [5, 5.41) is 3.55. The third kappa shape index (κ3) is 7.75. The minimum Gasteiger partial charge on any atom is -0.352 e. The molecule has 0 saturated heterocycles. The van der Waals surface area contributed by atoms with E-state index < -0.39 is 28.5 Å². The van der Waals surface area contributed by atoms with E-state index in [1.165, 1.54) is 17.0 Å². The third-order valence-corrected chi connectivity index (χ3v) is 9.25. The second-order valence-electron chi connectivity index (χ2n) is 9.02. The quantitative estimate of drug-likeness (QED) is 0.264. The molecule has 0 spiro atoms. The maximum absolute atomic E-state index is 14.0. The van der Waals surface area contributed by atoms with Crippen molar-refractivity contribution in [3.05, 3.63) is 92.9 Å². The van der Waals surface area contributed by atoms with Gasteiger partial charge in [-0.2, -0.15) is 0 Å². The minimum absolute atomic E-state index is 0.0287. The monoisotopic (exact) mass is 653 g/mol. The number of sulfonamides is 1. The van der Waals surface area contributed by atoms with Gasteiger partial charge in [-0.1, -0.05) is 76.4 Å². The Morgan fingerprint density at radius 3 is 2.15 bits per heavy atom. The topological polar surface area (TPSA) is 86.8 Å². The molecule has 0 aliphatic rings. The van der Waals surface area contributed by atoms with E-state index in [0.29, 0.717) is 26.5 Å². The van der Waals surface area contributed by atoms with Crippen LogP contribution in [0.2, 0.25) is 10.0 Å². The summed E-state index contributed by atoms with van der Waals surface area (Å²) >= 11 is 16.2. The number of hydrogen-bond acceptors (Lipinski definition) is 4. The Hall–Kier alpha value is -2.59. The van der Waals surface area contributed by atoms with Crippen LogP contribution in [0.5, 0.6) is 0 Å². The average Bonchev–Trinajstić information content (AvgIpc) is 2.91. The van der Waals surface area contributed by atoms with Crippen molar-refractivity contribution < 1.29 is 18.0 Å². The molecule has 2 amide bonds. The number of amides is 2. The molecular formula is C28H30BrCl2N3O4S. The van der Waals surface area contributed by atoms with Gasteiger partial charge in [-0.05, 0) is 62.7 Å². The predicted molar refractivity (Wildman–Crippen MR) is 159 cm³/mol. The number of rotatable bonds is 11. The number of nitrogens with zero attached hydrogens (tertiary/aromatic N) is 2. The van der Waals surface area contributed by atoms with Crippen LogP contribution in [0.25, 0.3) is 0 Å². The van der Waals surface area contributed by atoms with Crippen LogP contribution in [0.3, 0.4) is 0 Å². The Labute approximate surface area is 248 Å². The van der Waals surface area contributed by atoms with Crippen LogP contribution < -0.4 is 9.62 Å². The molecule has 0 aromatic heterocycles. The molecule has 3 rings (SSSR count). The average molecular weight is 655 g/mol. The number of hydrogen-bond donors (Lipinski definition) is 1. The van der Waals surface area contributed by atoms with E-state index >= 15 is 0 Å². The maximum atomic E-state index is 14.0. The van der Waals surface area contributed by atoms with Crippen molar-refractivity contribution in [3.63, 3.8) is 0 Å². The first-order valence-electron chi connectivity index (χ1n) is 12.3. The predicted octanol–water partition coefficient (Wildman–Crippen LogP) is 6.28. The Bertz CT molecular complexity index is 1400. The van der Waals surface area contributed by atoms with Crippen LogP contribution in [-0.4, -0.2) is 43.8 Å². The van der Waals surface area contributed by atoms with E-state index in [4.69, 9.17) is 23.2 Å². The van der Waals surface area contributed by atoms with E-state index in [1.54, 1.807) is 67.6 Å². The van der Waals surface area contributed by atoms with Crippen LogP contribution in [0.1, 0.15) is 32.8 Å². The lowest BCUT2D eigenvalue weighted by atomic mass is 10.1. The normalized spacial score (nSPS) is 12.9. The Balaban J connectivity index is 2.06. The van der Waals surface area contributed by atoms with Gasteiger partial charge in [-0.15, -0.1) is 0 Å². The molecule has 3 aromatic carbocycles. The highest BCUT2D eigenvalue weighted by Crippen LogP contribution is 2.29. The number of halogens is 3. The molecule has 0 radical (unpaired) electrons. The van der Waals surface area contributed by atoms with Gasteiger partial charge in [0.1, 0.15) is 12.6 Å². The summed E-state index contributed by atoms with van der Waals surface area (Å²) in [7, 11) is -4.15. The fraction of sp³-hybridized carbons (Fsp3) is 0.286. The molecule has 0 aliphatic carbocycles. The Morgan fingerprint density at radius 1 is 0.949 bits per heavy atom. The molecule has 0 aliphatic heterocycles. The lowest BCUT2D eigenvalue weighted by molar-refractivity contribution is -0.139. The van der Waals surface area contributed by atoms with E-state index in [9.17, 15) is 18.0 Å². The molecule has 2 atom stereocenters. The van der Waals surface area contributed by atoms with Crippen LogP contribution in [-0.2, 0) is 26.2 Å². The zero-order chi connectivity index (χ0) is 28.7. The van der Waals surface area contributed by atoms with Crippen molar-refractivity contribution in [2.45, 2.75) is 50.7 Å². The first-order chi connectivity index (χ1) is 18.4. The van der Waals surface area contributed by atoms with E-state index in [0.717, 1.165) is 4.31 Å². The Kier molecular flexibility index (Phi) is 10.8. The minimum atomic E-state index is -4.15. The van der Waals surface area contributed by atoms with Gasteiger partial charge in [0.2, 0.25) is 11.8 Å². The lowest BCUT2D eigenvalue weighted by Gasteiger charge is -2.33. The molecule has 7 nitrogen and oxygen atoms in total. The highest BCUT2D eigenvalue weighted by molar-refractivity contribution is 9.10. The summed E-state index contributed by atoms with van der Waals surface area (Å²) in [5.41, 5.74) is 0.742. The summed E-state index contributed by atoms with van der Waals surface area (Å²) in [6, 6.07) is 18.4. The number of carbonyl (C=O) groups is 2. The molecule has 39 heavy (non-hydrogen) atoms. The zero-order valence-corrected chi connectivity index (χ0v) is 25.7. The Morgan fingerprint density at radius 2 is 1.56 bits per heavy atom. The van der Waals surface area contributed by atoms with Gasteiger partial charge in [-0.3, -0.25) is 13.9 Å². The van der Waals surface area contributed by atoms with Crippen molar-refractivity contribution in [2.75, 3.05) is 10.8 Å². The van der Waals surface area contributed by atoms with Gasteiger partial charge >= 0.3 is 0 Å². The molecule has 11 heteroatoms. The molecule has 0 fully saturated rings. The van der Waals surface area contributed by atoms with Crippen molar-refractivity contribution in [1.29, 1.82) is 0 Å². The molecular weight excluding hydrogens is 625 g/mol. The zero-order valence-electron chi connectivity index (χ0n) is 21.8. The highest BCUT2D eigenvalue weighted by atomic mass is 79.9. The SMILES string of the molecule is CC[C@H](C)NC(=O)[C@H](C)N(Cc1c(Cl)cccc1Cl)C(=O)CN(c1cccc(Br)c1)S(=O)(=O)c1ccccc1. The maximum Gasteiger partial charge on any atom is 0.264 e. The van der Waals surface area contributed by atoms with E-state index in [1.807, 2.05) is 13.8 Å². The number of benzene rings is 3. The molecule has 1 N–H and O–H groups in total. The van der Waals surface area contributed by atoms with Crippen molar-refractivity contribution in [3.8, 4) is 0 Å². The van der Waals surface area contributed by atoms with Gasteiger partial charge in [0.15, 0.2) is 0 Å². The van der Waals surface area contributed by atoms with Gasteiger partial charge in [0.05, 0.1) is 10.6 Å². The van der Waals surface area contributed by atoms with Crippen molar-refractivity contribution in [2.24, 2.45) is 0 Å². The smallest absolute Gasteiger partial charge is 0.264 e. The van der Waals surface area contributed by atoms with Gasteiger partial charge in [0, 0.05) is 32.7 Å². The molecule has 3 aromatic rings. The second-order valence-corrected chi connectivity index (χ2v) is 12.6. The standard InChI is InChI=1S/C28H30BrCl2N3O4S/c1-4-19(2)32-28(36)20(3)33(17-24-25(30)14-9-15-26(24)31)27(35)18-34(22-11-8-10-21(29)16-22)39(37,38)23-12-6-5-7-13-23/h5-16,19-20H,4,17-18H2,1-3H3,(H,32,36)/t19-,20-/m0/s1. The van der Waals surface area contributed by atoms with E-state index in [-0.39, 0.29) is 29.1 Å². The first-order valence-corrected chi connectivity index (χ1v) is 15.3. The largest absolute Gasteiger partial charge is 0.352 e. The van der Waals surface area contributed by atoms with Gasteiger partial charge in [0.25, 0.3) is 10.0 Å². The highest BCUT2D eigenvalue weighted by Gasteiger charge is 2.33. The lowest BCUT2D eigenvalue weighted by Crippen LogP contribution is -2.52. The van der Waals surface area contributed by atoms with Crippen LogP contribution in [0.4, 0.5) is 5.69 Å². The van der Waals surface area contributed by atoms with Crippen LogP contribution in [0.15, 0.2) is 82.2 Å². The van der Waals surface area contributed by atoms with Crippen molar-refractivity contribution in [1.82, 2.24) is 10.2 Å². The molecule has 208 valence electrons. The summed E-state index contributed by atoms with van der Waals surface area (Å²) in [5.74, 6) is -0.974. The second kappa shape index (κ2) is 13.7. The van der Waals surface area contributed by atoms with E-state index in [2.05, 4.69) is 21.2 Å². The molecule has 0 bridgehead atoms. The number of anilines is 1. The van der Waals surface area contributed by atoms with Gasteiger partial charge < -0.3 is 10.2 Å². The molecule has 0 heterocycles. The fourth-order valence-corrected chi connectivity index (χ4v) is 6.11. The summed E-state index contributed by atoms with van der Waals surface area (Å²) < 4.78 is 29.2. The molecule has 0 unspecified atom stereocenters. The van der Waals surface area contributed by atoms with Crippen LogP contribution in [0, 0.1) is 0 Å². The summed E-state index contributed by atoms with van der Waals surface area (Å²) in [6.07, 6.45) is 0.703. The fourth-order valence-electron chi connectivity index (χ4n) is 3.78. The number of nitrogens with one attached hydrogen (secondary N) is 1.